The second-order valence-corrected chi connectivity index (χ2v) is 6.28. The first kappa shape index (κ1) is 20.1. The summed E-state index contributed by atoms with van der Waals surface area (Å²) in [6.07, 6.45) is -4.43. The molecule has 0 aliphatic heterocycles. The van der Waals surface area contributed by atoms with Crippen LogP contribution in [-0.2, 0) is 12.7 Å². The summed E-state index contributed by atoms with van der Waals surface area (Å²) in [5, 5.41) is 17.4. The molecule has 0 unspecified atom stereocenters. The molecule has 0 bridgehead atoms. The number of rotatable bonds is 5. The zero-order valence-corrected chi connectivity index (χ0v) is 15.1. The zero-order chi connectivity index (χ0) is 21.2. The number of nitrogens with zero attached hydrogens (tertiary/aromatic N) is 3. The Bertz CT molecular complexity index is 1060. The van der Waals surface area contributed by atoms with Crippen LogP contribution in [0.15, 0.2) is 54.6 Å². The highest BCUT2D eigenvalue weighted by atomic mass is 19.4. The first-order valence-electron chi connectivity index (χ1n) is 8.40. The van der Waals surface area contributed by atoms with Crippen LogP contribution in [0.4, 0.5) is 24.7 Å². The van der Waals surface area contributed by atoms with Gasteiger partial charge in [0.25, 0.3) is 11.6 Å². The summed E-state index contributed by atoms with van der Waals surface area (Å²) in [5.74, 6) is -0.290. The lowest BCUT2D eigenvalue weighted by atomic mass is 10.1. The van der Waals surface area contributed by atoms with Gasteiger partial charge in [-0.3, -0.25) is 19.6 Å². The number of nitro benzene ring substituents is 1. The van der Waals surface area contributed by atoms with Crippen LogP contribution >= 0.6 is 0 Å². The summed E-state index contributed by atoms with van der Waals surface area (Å²) < 4.78 is 40.0. The summed E-state index contributed by atoms with van der Waals surface area (Å²) in [6, 6.07) is 11.6. The van der Waals surface area contributed by atoms with Crippen molar-refractivity contribution in [1.29, 1.82) is 0 Å². The van der Waals surface area contributed by atoms with E-state index in [1.807, 2.05) is 0 Å². The number of non-ortho nitro benzene ring substituents is 1. The van der Waals surface area contributed by atoms with Gasteiger partial charge in [0.2, 0.25) is 0 Å². The van der Waals surface area contributed by atoms with Crippen molar-refractivity contribution in [3.63, 3.8) is 0 Å². The van der Waals surface area contributed by atoms with Crippen LogP contribution in [0.1, 0.15) is 27.2 Å². The van der Waals surface area contributed by atoms with Crippen molar-refractivity contribution in [2.45, 2.75) is 19.6 Å². The first-order chi connectivity index (χ1) is 13.6. The molecule has 0 spiro atoms. The van der Waals surface area contributed by atoms with E-state index in [0.29, 0.717) is 11.3 Å². The van der Waals surface area contributed by atoms with E-state index in [9.17, 15) is 28.1 Å². The number of aryl methyl sites for hydroxylation is 1. The number of carbonyl (C=O) groups is 1. The Hall–Kier alpha value is -3.69. The van der Waals surface area contributed by atoms with E-state index in [0.717, 1.165) is 12.1 Å². The Labute approximate surface area is 162 Å². The van der Waals surface area contributed by atoms with Gasteiger partial charge in [0, 0.05) is 29.5 Å². The summed E-state index contributed by atoms with van der Waals surface area (Å²) >= 11 is 0. The van der Waals surface area contributed by atoms with Crippen LogP contribution in [0.5, 0.6) is 0 Å². The number of aromatic nitrogens is 2. The highest BCUT2D eigenvalue weighted by Gasteiger charge is 2.30. The van der Waals surface area contributed by atoms with Crippen molar-refractivity contribution in [1.82, 2.24) is 9.78 Å². The third-order valence-corrected chi connectivity index (χ3v) is 4.15. The van der Waals surface area contributed by atoms with Gasteiger partial charge in [0.05, 0.1) is 17.0 Å². The molecule has 3 aromatic rings. The van der Waals surface area contributed by atoms with Gasteiger partial charge in [-0.1, -0.05) is 12.1 Å². The molecule has 3 rings (SSSR count). The van der Waals surface area contributed by atoms with Gasteiger partial charge in [-0.05, 0) is 36.8 Å². The third-order valence-electron chi connectivity index (χ3n) is 4.15. The Morgan fingerprint density at radius 1 is 1.17 bits per heavy atom. The second kappa shape index (κ2) is 7.74. The van der Waals surface area contributed by atoms with Crippen molar-refractivity contribution < 1.29 is 22.9 Å². The molecule has 0 fully saturated rings. The number of hydrogen-bond donors (Lipinski definition) is 1. The lowest BCUT2D eigenvalue weighted by molar-refractivity contribution is -0.384. The maximum Gasteiger partial charge on any atom is 0.416 e. The third kappa shape index (κ3) is 4.78. The fourth-order valence-corrected chi connectivity index (χ4v) is 2.67. The van der Waals surface area contributed by atoms with Crippen LogP contribution in [0, 0.1) is 17.0 Å². The molecule has 1 heterocycles. The zero-order valence-electron chi connectivity index (χ0n) is 15.1. The van der Waals surface area contributed by atoms with Crippen LogP contribution < -0.4 is 5.32 Å². The van der Waals surface area contributed by atoms with Gasteiger partial charge >= 0.3 is 6.18 Å². The molecule has 0 saturated heterocycles. The van der Waals surface area contributed by atoms with Crippen molar-refractivity contribution in [3.8, 4) is 0 Å². The highest BCUT2D eigenvalue weighted by Crippen LogP contribution is 2.29. The topological polar surface area (TPSA) is 90.1 Å². The minimum absolute atomic E-state index is 0.100. The molecule has 0 radical (unpaired) electrons. The van der Waals surface area contributed by atoms with Crippen molar-refractivity contribution in [2.24, 2.45) is 0 Å². The number of amides is 1. The lowest BCUT2D eigenvalue weighted by Gasteiger charge is -2.09. The van der Waals surface area contributed by atoms with Crippen LogP contribution in [0.25, 0.3) is 0 Å². The van der Waals surface area contributed by atoms with E-state index < -0.39 is 22.6 Å². The van der Waals surface area contributed by atoms with E-state index in [2.05, 4.69) is 10.4 Å². The number of anilines is 1. The van der Waals surface area contributed by atoms with Gasteiger partial charge in [0.1, 0.15) is 0 Å². The summed E-state index contributed by atoms with van der Waals surface area (Å²) in [7, 11) is 0. The summed E-state index contributed by atoms with van der Waals surface area (Å²) in [4.78, 5) is 22.4. The van der Waals surface area contributed by atoms with Crippen LogP contribution in [0.2, 0.25) is 0 Å². The van der Waals surface area contributed by atoms with Gasteiger partial charge in [0.15, 0.2) is 5.82 Å². The molecule has 1 amide bonds. The van der Waals surface area contributed by atoms with Gasteiger partial charge in [-0.2, -0.15) is 18.3 Å². The fraction of sp³-hybridized carbons (Fsp3) is 0.158. The minimum atomic E-state index is -4.43. The van der Waals surface area contributed by atoms with E-state index in [1.54, 1.807) is 19.1 Å². The first-order valence-corrected chi connectivity index (χ1v) is 8.40. The van der Waals surface area contributed by atoms with Crippen molar-refractivity contribution in [2.75, 3.05) is 5.32 Å². The standard InChI is InChI=1S/C19H15F3N4O3/c1-12-9-17(23-18(27)14-5-7-16(8-6-14)26(28)29)24-25(12)11-13-3-2-4-15(10-13)19(20,21)22/h2-10H,11H2,1H3,(H,23,24,27). The average Bonchev–Trinajstić information content (AvgIpc) is 3.00. The maximum atomic E-state index is 12.9. The smallest absolute Gasteiger partial charge is 0.305 e. The molecule has 2 aromatic carbocycles. The van der Waals surface area contributed by atoms with Crippen molar-refractivity contribution in [3.05, 3.63) is 87.1 Å². The van der Waals surface area contributed by atoms with Crippen LogP contribution in [-0.4, -0.2) is 20.6 Å². The fourth-order valence-electron chi connectivity index (χ4n) is 2.67. The average molecular weight is 404 g/mol. The van der Waals surface area contributed by atoms with Crippen LogP contribution in [0.3, 0.4) is 0 Å². The number of nitrogens with one attached hydrogen (secondary N) is 1. The van der Waals surface area contributed by atoms with E-state index in [-0.39, 0.29) is 23.6 Å². The number of carbonyl (C=O) groups excluding carboxylic acids is 1. The number of alkyl halides is 3. The molecule has 29 heavy (non-hydrogen) atoms. The van der Waals surface area contributed by atoms with Crippen molar-refractivity contribution >= 4 is 17.4 Å². The Kier molecular flexibility index (Phi) is 5.35. The number of benzene rings is 2. The molecule has 7 nitrogen and oxygen atoms in total. The van der Waals surface area contributed by atoms with E-state index >= 15 is 0 Å². The monoisotopic (exact) mass is 404 g/mol. The molecule has 10 heteroatoms. The number of halogens is 3. The molecule has 0 saturated carbocycles. The van der Waals surface area contributed by atoms with E-state index in [1.165, 1.54) is 35.0 Å². The SMILES string of the molecule is Cc1cc(NC(=O)c2ccc([N+](=O)[O-])cc2)nn1Cc1cccc(C(F)(F)F)c1. The minimum Gasteiger partial charge on any atom is -0.305 e. The normalized spacial score (nSPS) is 11.3. The molecular weight excluding hydrogens is 389 g/mol. The molecule has 150 valence electrons. The van der Waals surface area contributed by atoms with Gasteiger partial charge in [-0.15, -0.1) is 0 Å². The molecule has 1 aromatic heterocycles. The molecule has 0 atom stereocenters. The van der Waals surface area contributed by atoms with E-state index in [4.69, 9.17) is 0 Å². The molecule has 1 N–H and O–H groups in total. The summed E-state index contributed by atoms with van der Waals surface area (Å²) in [5.41, 5.74) is 0.385. The van der Waals surface area contributed by atoms with Gasteiger partial charge < -0.3 is 5.32 Å². The summed E-state index contributed by atoms with van der Waals surface area (Å²) in [6.45, 7) is 1.81. The largest absolute Gasteiger partial charge is 0.416 e. The molecule has 0 aliphatic rings. The maximum absolute atomic E-state index is 12.9. The Morgan fingerprint density at radius 2 is 1.86 bits per heavy atom. The van der Waals surface area contributed by atoms with Gasteiger partial charge in [-0.25, -0.2) is 0 Å². The number of nitro groups is 1. The lowest BCUT2D eigenvalue weighted by Crippen LogP contribution is -2.13. The predicted molar refractivity (Wildman–Crippen MR) is 98.6 cm³/mol. The Morgan fingerprint density at radius 3 is 2.48 bits per heavy atom. The molecule has 0 aliphatic carbocycles. The quantitative estimate of drug-likeness (QED) is 0.504. The highest BCUT2D eigenvalue weighted by molar-refractivity contribution is 6.03. The molecular formula is C19H15F3N4O3. The number of hydrogen-bond acceptors (Lipinski definition) is 4. The predicted octanol–water partition coefficient (Wildman–Crippen LogP) is 4.42. The Balaban J connectivity index is 1.73. The second-order valence-electron chi connectivity index (χ2n) is 6.28.